The highest BCUT2D eigenvalue weighted by molar-refractivity contribution is 5.93. The number of hydrogen-bond donors (Lipinski definition) is 0. The highest BCUT2D eigenvalue weighted by atomic mass is 16.5. The Labute approximate surface area is 142 Å². The van der Waals surface area contributed by atoms with Crippen LogP contribution >= 0.6 is 0 Å². The molecule has 0 spiro atoms. The number of nitrogens with zero attached hydrogens (tertiary/aromatic N) is 4. The van der Waals surface area contributed by atoms with Gasteiger partial charge in [0.15, 0.2) is 5.69 Å². The summed E-state index contributed by atoms with van der Waals surface area (Å²) in [4.78, 5) is 14.7. The Hall–Kier alpha value is -2.21. The summed E-state index contributed by atoms with van der Waals surface area (Å²) in [5, 5.41) is 8.32. The second-order valence-electron chi connectivity index (χ2n) is 7.14. The van der Waals surface area contributed by atoms with E-state index in [9.17, 15) is 4.79 Å². The van der Waals surface area contributed by atoms with E-state index in [4.69, 9.17) is 4.74 Å². The molecule has 1 aliphatic rings. The molecule has 0 bridgehead atoms. The van der Waals surface area contributed by atoms with E-state index in [0.717, 1.165) is 11.4 Å². The smallest absolute Gasteiger partial charge is 0.276 e. The second kappa shape index (κ2) is 6.02. The van der Waals surface area contributed by atoms with Gasteiger partial charge in [-0.25, -0.2) is 4.68 Å². The van der Waals surface area contributed by atoms with Crippen LogP contribution in [0, 0.1) is 13.8 Å². The molecule has 1 aromatic heterocycles. The van der Waals surface area contributed by atoms with Crippen molar-refractivity contribution in [2.24, 2.45) is 0 Å². The van der Waals surface area contributed by atoms with Crippen LogP contribution in [0.25, 0.3) is 5.69 Å². The van der Waals surface area contributed by atoms with Crippen LogP contribution in [0.15, 0.2) is 24.3 Å². The van der Waals surface area contributed by atoms with Gasteiger partial charge in [0.25, 0.3) is 5.91 Å². The summed E-state index contributed by atoms with van der Waals surface area (Å²) in [5.74, 6) is -0.0888. The third-order valence-electron chi connectivity index (χ3n) is 4.23. The highest BCUT2D eigenvalue weighted by Crippen LogP contribution is 2.23. The van der Waals surface area contributed by atoms with E-state index in [2.05, 4.69) is 10.3 Å². The number of rotatable bonds is 2. The fourth-order valence-corrected chi connectivity index (χ4v) is 3.22. The molecule has 24 heavy (non-hydrogen) atoms. The minimum absolute atomic E-state index is 0.00477. The number of carbonyl (C=O) groups excluding carboxylic acids is 1. The molecule has 0 aliphatic carbocycles. The van der Waals surface area contributed by atoms with Crippen molar-refractivity contribution in [3.8, 4) is 5.69 Å². The maximum absolute atomic E-state index is 12.9. The van der Waals surface area contributed by atoms with Gasteiger partial charge in [0.1, 0.15) is 0 Å². The summed E-state index contributed by atoms with van der Waals surface area (Å²) in [5.41, 5.74) is 2.88. The molecule has 0 saturated carbocycles. The van der Waals surface area contributed by atoms with Gasteiger partial charge in [-0.05, 0) is 46.8 Å². The molecule has 128 valence electrons. The molecule has 1 aromatic carbocycles. The largest absolute Gasteiger partial charge is 0.369 e. The summed E-state index contributed by atoms with van der Waals surface area (Å²) in [6.45, 7) is 11.0. The van der Waals surface area contributed by atoms with Crippen LogP contribution in [0.1, 0.15) is 42.5 Å². The number of ether oxygens (including phenoxy) is 1. The van der Waals surface area contributed by atoms with E-state index in [-0.39, 0.29) is 17.6 Å². The van der Waals surface area contributed by atoms with Gasteiger partial charge in [-0.2, -0.15) is 0 Å². The first-order chi connectivity index (χ1) is 11.3. The van der Waals surface area contributed by atoms with Gasteiger partial charge < -0.3 is 9.64 Å². The quantitative estimate of drug-likeness (QED) is 0.850. The molecule has 1 amide bonds. The molecular formula is C18H24N4O2. The highest BCUT2D eigenvalue weighted by Gasteiger charge is 2.35. The Bertz CT molecular complexity index is 749. The van der Waals surface area contributed by atoms with E-state index in [0.29, 0.717) is 18.8 Å². The zero-order valence-electron chi connectivity index (χ0n) is 14.9. The number of aryl methyl sites for hydroxylation is 1. The molecule has 2 aromatic rings. The Morgan fingerprint density at radius 2 is 1.92 bits per heavy atom. The Morgan fingerprint density at radius 3 is 2.54 bits per heavy atom. The lowest BCUT2D eigenvalue weighted by molar-refractivity contribution is -0.119. The number of aromatic nitrogens is 3. The number of morpholine rings is 1. The normalized spacial score (nSPS) is 20.2. The number of carbonyl (C=O) groups is 1. The summed E-state index contributed by atoms with van der Waals surface area (Å²) >= 11 is 0. The molecule has 1 saturated heterocycles. The van der Waals surface area contributed by atoms with Crippen molar-refractivity contribution in [2.75, 3.05) is 13.1 Å². The van der Waals surface area contributed by atoms with Gasteiger partial charge in [-0.3, -0.25) is 4.79 Å². The molecule has 1 aliphatic heterocycles. The van der Waals surface area contributed by atoms with Crippen LogP contribution in [0.5, 0.6) is 0 Å². The lowest BCUT2D eigenvalue weighted by Crippen LogP contribution is -2.54. The van der Waals surface area contributed by atoms with E-state index in [1.54, 1.807) is 4.68 Å². The Kier molecular flexibility index (Phi) is 4.17. The standard InChI is InChI=1S/C18H24N4O2/c1-12-6-8-15(9-7-12)22-14(3)16(19-20-22)17(23)21-10-13(2)24-18(4,5)11-21/h6-9,13H,10-11H2,1-5H3. The molecule has 0 radical (unpaired) electrons. The maximum Gasteiger partial charge on any atom is 0.276 e. The first kappa shape index (κ1) is 16.6. The van der Waals surface area contributed by atoms with Crippen molar-refractivity contribution >= 4 is 5.91 Å². The Morgan fingerprint density at radius 1 is 1.25 bits per heavy atom. The van der Waals surface area contributed by atoms with Crippen LogP contribution in [0.2, 0.25) is 0 Å². The van der Waals surface area contributed by atoms with Crippen molar-refractivity contribution in [3.05, 3.63) is 41.2 Å². The van der Waals surface area contributed by atoms with Crippen molar-refractivity contribution in [2.45, 2.75) is 46.3 Å². The van der Waals surface area contributed by atoms with E-state index in [1.165, 1.54) is 5.56 Å². The topological polar surface area (TPSA) is 60.2 Å². The van der Waals surface area contributed by atoms with E-state index in [1.807, 2.05) is 63.8 Å². The molecule has 0 N–H and O–H groups in total. The summed E-state index contributed by atoms with van der Waals surface area (Å²) in [6, 6.07) is 7.99. The number of amides is 1. The number of hydrogen-bond acceptors (Lipinski definition) is 4. The summed E-state index contributed by atoms with van der Waals surface area (Å²) in [6.07, 6.45) is 0.00477. The average molecular weight is 328 g/mol. The fourth-order valence-electron chi connectivity index (χ4n) is 3.22. The van der Waals surface area contributed by atoms with Gasteiger partial charge >= 0.3 is 0 Å². The van der Waals surface area contributed by atoms with Gasteiger partial charge in [0, 0.05) is 13.1 Å². The van der Waals surface area contributed by atoms with Crippen molar-refractivity contribution < 1.29 is 9.53 Å². The zero-order valence-corrected chi connectivity index (χ0v) is 14.9. The van der Waals surface area contributed by atoms with Crippen LogP contribution in [-0.2, 0) is 4.74 Å². The number of benzene rings is 1. The van der Waals surface area contributed by atoms with Crippen molar-refractivity contribution in [3.63, 3.8) is 0 Å². The average Bonchev–Trinajstić information content (AvgIpc) is 2.87. The maximum atomic E-state index is 12.9. The molecule has 1 fully saturated rings. The van der Waals surface area contributed by atoms with Crippen molar-refractivity contribution in [1.82, 2.24) is 19.9 Å². The van der Waals surface area contributed by atoms with Crippen LogP contribution in [0.3, 0.4) is 0 Å². The summed E-state index contributed by atoms with van der Waals surface area (Å²) < 4.78 is 7.58. The van der Waals surface area contributed by atoms with Gasteiger partial charge in [-0.15, -0.1) is 5.10 Å². The molecule has 6 nitrogen and oxygen atoms in total. The van der Waals surface area contributed by atoms with Gasteiger partial charge in [0.05, 0.1) is 23.1 Å². The predicted molar refractivity (Wildman–Crippen MR) is 91.4 cm³/mol. The van der Waals surface area contributed by atoms with E-state index >= 15 is 0 Å². The van der Waals surface area contributed by atoms with Crippen LogP contribution in [-0.4, -0.2) is 50.6 Å². The molecule has 2 heterocycles. The SMILES string of the molecule is Cc1ccc(-n2nnc(C(=O)N3CC(C)OC(C)(C)C3)c2C)cc1. The molecule has 1 unspecified atom stereocenters. The second-order valence-corrected chi connectivity index (χ2v) is 7.14. The molecule has 1 atom stereocenters. The minimum atomic E-state index is -0.353. The van der Waals surface area contributed by atoms with Crippen LogP contribution < -0.4 is 0 Å². The monoisotopic (exact) mass is 328 g/mol. The molecule has 3 rings (SSSR count). The first-order valence-corrected chi connectivity index (χ1v) is 8.23. The zero-order chi connectivity index (χ0) is 17.5. The third-order valence-corrected chi connectivity index (χ3v) is 4.23. The summed E-state index contributed by atoms with van der Waals surface area (Å²) in [7, 11) is 0. The Balaban J connectivity index is 1.87. The predicted octanol–water partition coefficient (Wildman–Crippen LogP) is 2.52. The lowest BCUT2D eigenvalue weighted by atomic mass is 10.1. The lowest BCUT2D eigenvalue weighted by Gasteiger charge is -2.41. The van der Waals surface area contributed by atoms with Gasteiger partial charge in [-0.1, -0.05) is 22.9 Å². The molecule has 6 heteroatoms. The van der Waals surface area contributed by atoms with Crippen molar-refractivity contribution in [1.29, 1.82) is 0 Å². The fraction of sp³-hybridized carbons (Fsp3) is 0.500. The van der Waals surface area contributed by atoms with Crippen LogP contribution in [0.4, 0.5) is 0 Å². The van der Waals surface area contributed by atoms with Gasteiger partial charge in [0.2, 0.25) is 0 Å². The third kappa shape index (κ3) is 3.19. The molecular weight excluding hydrogens is 304 g/mol. The first-order valence-electron chi connectivity index (χ1n) is 8.23. The van der Waals surface area contributed by atoms with E-state index < -0.39 is 0 Å². The minimum Gasteiger partial charge on any atom is -0.369 e.